The van der Waals surface area contributed by atoms with Gasteiger partial charge in [0.1, 0.15) is 5.82 Å². The van der Waals surface area contributed by atoms with Crippen molar-refractivity contribution in [3.05, 3.63) is 59.8 Å². The topological polar surface area (TPSA) is 19.4 Å². The summed E-state index contributed by atoms with van der Waals surface area (Å²) in [4.78, 5) is 9.48. The van der Waals surface area contributed by atoms with E-state index in [4.69, 9.17) is 0 Å². The summed E-state index contributed by atoms with van der Waals surface area (Å²) in [5, 5.41) is 0. The minimum atomic E-state index is 0.460. The molecule has 20 heavy (non-hydrogen) atoms. The van der Waals surface area contributed by atoms with Gasteiger partial charge in [0.25, 0.3) is 0 Å². The number of hydrogen-bond acceptors (Lipinski definition) is 3. The summed E-state index contributed by atoms with van der Waals surface area (Å²) in [6.45, 7) is 0.945. The molecule has 2 aromatic rings. The summed E-state index contributed by atoms with van der Waals surface area (Å²) in [6, 6.07) is 16.1. The fourth-order valence-electron chi connectivity index (χ4n) is 3.72. The van der Waals surface area contributed by atoms with Gasteiger partial charge in [-0.25, -0.2) is 4.98 Å². The van der Waals surface area contributed by atoms with E-state index in [0.717, 1.165) is 12.5 Å². The van der Waals surface area contributed by atoms with Crippen LogP contribution < -0.4 is 4.90 Å². The first-order chi connectivity index (χ1) is 9.84. The zero-order valence-corrected chi connectivity index (χ0v) is 11.7. The third-order valence-electron chi connectivity index (χ3n) is 4.65. The van der Waals surface area contributed by atoms with E-state index in [1.807, 2.05) is 12.3 Å². The van der Waals surface area contributed by atoms with Crippen molar-refractivity contribution in [3.8, 4) is 0 Å². The Morgan fingerprint density at radius 2 is 1.65 bits per heavy atom. The standard InChI is InChI=1S/C17H19N3/c1-19-12-20(17-8-4-5-11-18-17)16-10-9-15(19)13-6-2-3-7-14(13)16/h2-8,11,15-16H,9-10,12H2,1H3. The highest BCUT2D eigenvalue weighted by atomic mass is 15.4. The van der Waals surface area contributed by atoms with E-state index in [1.165, 1.54) is 24.0 Å². The van der Waals surface area contributed by atoms with Crippen LogP contribution in [-0.2, 0) is 0 Å². The Morgan fingerprint density at radius 3 is 2.40 bits per heavy atom. The zero-order chi connectivity index (χ0) is 13.5. The second kappa shape index (κ2) is 4.60. The maximum absolute atomic E-state index is 4.57. The number of anilines is 1. The van der Waals surface area contributed by atoms with Crippen molar-refractivity contribution in [2.45, 2.75) is 24.9 Å². The molecule has 2 aliphatic heterocycles. The minimum absolute atomic E-state index is 0.460. The fraction of sp³-hybridized carbons (Fsp3) is 0.353. The normalized spacial score (nSPS) is 25.4. The lowest BCUT2D eigenvalue weighted by atomic mass is 9.84. The molecule has 0 amide bonds. The Bertz CT molecular complexity index is 611. The molecule has 102 valence electrons. The van der Waals surface area contributed by atoms with Gasteiger partial charge >= 0.3 is 0 Å². The molecule has 1 aliphatic carbocycles. The van der Waals surface area contributed by atoms with Crippen molar-refractivity contribution in [1.82, 2.24) is 9.88 Å². The summed E-state index contributed by atoms with van der Waals surface area (Å²) < 4.78 is 0. The van der Waals surface area contributed by atoms with Gasteiger partial charge in [-0.05, 0) is 43.1 Å². The molecular formula is C17H19N3. The first-order valence-electron chi connectivity index (χ1n) is 7.31. The Balaban J connectivity index is 1.84. The van der Waals surface area contributed by atoms with Crippen LogP contribution in [0.5, 0.6) is 0 Å². The lowest BCUT2D eigenvalue weighted by Crippen LogP contribution is -2.34. The van der Waals surface area contributed by atoms with Crippen molar-refractivity contribution in [2.24, 2.45) is 0 Å². The molecule has 1 saturated heterocycles. The average molecular weight is 265 g/mol. The summed E-state index contributed by atoms with van der Waals surface area (Å²) >= 11 is 0. The van der Waals surface area contributed by atoms with Gasteiger partial charge < -0.3 is 4.90 Å². The van der Waals surface area contributed by atoms with E-state index in [1.54, 1.807) is 0 Å². The molecule has 2 atom stereocenters. The van der Waals surface area contributed by atoms with Crippen molar-refractivity contribution in [3.63, 3.8) is 0 Å². The van der Waals surface area contributed by atoms with Crippen LogP contribution in [0.25, 0.3) is 0 Å². The molecule has 3 aliphatic rings. The highest BCUT2D eigenvalue weighted by Gasteiger charge is 2.37. The van der Waals surface area contributed by atoms with Gasteiger partial charge in [0, 0.05) is 12.2 Å². The number of benzene rings is 1. The Morgan fingerprint density at radius 1 is 0.950 bits per heavy atom. The predicted molar refractivity (Wildman–Crippen MR) is 80.5 cm³/mol. The number of pyridine rings is 1. The van der Waals surface area contributed by atoms with Crippen LogP contribution in [0.2, 0.25) is 0 Å². The van der Waals surface area contributed by atoms with Crippen LogP contribution in [0.3, 0.4) is 0 Å². The smallest absolute Gasteiger partial charge is 0.130 e. The fourth-order valence-corrected chi connectivity index (χ4v) is 3.72. The average Bonchev–Trinajstić information content (AvgIpc) is 2.75. The monoisotopic (exact) mass is 265 g/mol. The van der Waals surface area contributed by atoms with Gasteiger partial charge in [0.05, 0.1) is 12.7 Å². The lowest BCUT2D eigenvalue weighted by Gasteiger charge is -2.32. The van der Waals surface area contributed by atoms with E-state index in [2.05, 4.69) is 58.2 Å². The highest BCUT2D eigenvalue weighted by molar-refractivity contribution is 5.47. The number of rotatable bonds is 1. The van der Waals surface area contributed by atoms with E-state index >= 15 is 0 Å². The molecule has 0 saturated carbocycles. The second-order valence-corrected chi connectivity index (χ2v) is 5.79. The molecule has 0 spiro atoms. The number of hydrogen-bond donors (Lipinski definition) is 0. The largest absolute Gasteiger partial charge is 0.337 e. The van der Waals surface area contributed by atoms with Gasteiger partial charge in [0.15, 0.2) is 0 Å². The Labute approximate surface area is 119 Å². The molecule has 0 N–H and O–H groups in total. The maximum atomic E-state index is 4.57. The van der Waals surface area contributed by atoms with E-state index in [0.29, 0.717) is 12.1 Å². The molecule has 3 heteroatoms. The van der Waals surface area contributed by atoms with Crippen molar-refractivity contribution < 1.29 is 0 Å². The van der Waals surface area contributed by atoms with Crippen LogP contribution in [-0.4, -0.2) is 23.6 Å². The number of nitrogens with zero attached hydrogens (tertiary/aromatic N) is 3. The molecular weight excluding hydrogens is 246 g/mol. The SMILES string of the molecule is CN1CN(c2ccccn2)C2CCC1c1ccccc12. The third kappa shape index (κ3) is 1.74. The van der Waals surface area contributed by atoms with Gasteiger partial charge in [-0.1, -0.05) is 30.3 Å². The molecule has 5 rings (SSSR count). The van der Waals surface area contributed by atoms with E-state index in [9.17, 15) is 0 Å². The van der Waals surface area contributed by atoms with Crippen LogP contribution in [0.15, 0.2) is 48.7 Å². The predicted octanol–water partition coefficient (Wildman–Crippen LogP) is 3.37. The first kappa shape index (κ1) is 11.9. The minimum Gasteiger partial charge on any atom is -0.337 e. The van der Waals surface area contributed by atoms with Gasteiger partial charge in [-0.3, -0.25) is 4.90 Å². The molecule has 0 radical (unpaired) electrons. The Hall–Kier alpha value is -1.87. The number of aromatic nitrogens is 1. The lowest BCUT2D eigenvalue weighted by molar-refractivity contribution is 0.251. The summed E-state index contributed by atoms with van der Waals surface area (Å²) in [6.07, 6.45) is 4.34. The van der Waals surface area contributed by atoms with Crippen molar-refractivity contribution >= 4 is 5.82 Å². The van der Waals surface area contributed by atoms with Gasteiger partial charge in [-0.2, -0.15) is 0 Å². The molecule has 3 nitrogen and oxygen atoms in total. The number of fused-ring (bicyclic) bond motifs is 3. The van der Waals surface area contributed by atoms with Gasteiger partial charge in [0.2, 0.25) is 0 Å². The van der Waals surface area contributed by atoms with Crippen LogP contribution in [0.4, 0.5) is 5.82 Å². The van der Waals surface area contributed by atoms with E-state index in [-0.39, 0.29) is 0 Å². The maximum Gasteiger partial charge on any atom is 0.130 e. The van der Waals surface area contributed by atoms with Crippen LogP contribution in [0.1, 0.15) is 36.1 Å². The summed E-state index contributed by atoms with van der Waals surface area (Å²) in [5.41, 5.74) is 2.99. The second-order valence-electron chi connectivity index (χ2n) is 5.79. The quantitative estimate of drug-likeness (QED) is 0.788. The van der Waals surface area contributed by atoms with Crippen molar-refractivity contribution in [2.75, 3.05) is 18.6 Å². The molecule has 1 aromatic carbocycles. The third-order valence-corrected chi connectivity index (χ3v) is 4.65. The Kier molecular flexibility index (Phi) is 2.74. The summed E-state index contributed by atoms with van der Waals surface area (Å²) in [5.74, 6) is 1.08. The highest BCUT2D eigenvalue weighted by Crippen LogP contribution is 2.45. The van der Waals surface area contributed by atoms with Crippen molar-refractivity contribution in [1.29, 1.82) is 0 Å². The molecule has 2 bridgehead atoms. The van der Waals surface area contributed by atoms with Crippen LogP contribution >= 0.6 is 0 Å². The molecule has 1 aromatic heterocycles. The first-order valence-corrected chi connectivity index (χ1v) is 7.31. The van der Waals surface area contributed by atoms with Crippen LogP contribution in [0, 0.1) is 0 Å². The molecule has 2 unspecified atom stereocenters. The van der Waals surface area contributed by atoms with E-state index < -0.39 is 0 Å². The molecule has 1 fully saturated rings. The van der Waals surface area contributed by atoms with Gasteiger partial charge in [-0.15, -0.1) is 0 Å². The zero-order valence-electron chi connectivity index (χ0n) is 11.7. The molecule has 3 heterocycles. The summed E-state index contributed by atoms with van der Waals surface area (Å²) in [7, 11) is 2.23.